The molecular weight excluding hydrogens is 276 g/mol. The van der Waals surface area contributed by atoms with Crippen LogP contribution in [-0.4, -0.2) is 27.5 Å². The van der Waals surface area contributed by atoms with E-state index in [-0.39, 0.29) is 12.1 Å². The lowest BCUT2D eigenvalue weighted by Gasteiger charge is -2.14. The van der Waals surface area contributed by atoms with Crippen molar-refractivity contribution in [3.8, 4) is 11.8 Å². The van der Waals surface area contributed by atoms with E-state index in [1.54, 1.807) is 19.1 Å². The molecule has 0 aliphatic heterocycles. The highest BCUT2D eigenvalue weighted by Gasteiger charge is 2.14. The van der Waals surface area contributed by atoms with Gasteiger partial charge in [-0.2, -0.15) is 10.4 Å². The van der Waals surface area contributed by atoms with Crippen molar-refractivity contribution in [3.63, 3.8) is 0 Å². The van der Waals surface area contributed by atoms with E-state index in [4.69, 9.17) is 5.26 Å². The van der Waals surface area contributed by atoms with Gasteiger partial charge < -0.3 is 10.4 Å². The van der Waals surface area contributed by atoms with Crippen molar-refractivity contribution in [3.05, 3.63) is 47.3 Å². The van der Waals surface area contributed by atoms with Crippen LogP contribution in [0.15, 0.2) is 30.5 Å². The second-order valence-electron chi connectivity index (χ2n) is 5.57. The van der Waals surface area contributed by atoms with Crippen LogP contribution in [0.5, 0.6) is 0 Å². The molecule has 0 spiro atoms. The van der Waals surface area contributed by atoms with Crippen LogP contribution in [0.25, 0.3) is 5.69 Å². The van der Waals surface area contributed by atoms with Crippen molar-refractivity contribution in [2.75, 3.05) is 6.54 Å². The fourth-order valence-electron chi connectivity index (χ4n) is 2.40. The second-order valence-corrected chi connectivity index (χ2v) is 5.57. The summed E-state index contributed by atoms with van der Waals surface area (Å²) in [6.07, 6.45) is 2.31. The molecule has 2 N–H and O–H groups in total. The first kappa shape index (κ1) is 16.2. The van der Waals surface area contributed by atoms with Gasteiger partial charge >= 0.3 is 0 Å². The van der Waals surface area contributed by atoms with Gasteiger partial charge in [0.2, 0.25) is 0 Å². The number of aliphatic hydroxyl groups excluding tert-OH is 1. The molecule has 0 bridgehead atoms. The van der Waals surface area contributed by atoms with Crippen LogP contribution < -0.4 is 5.32 Å². The molecule has 5 heteroatoms. The fraction of sp³-hybridized carbons (Fsp3) is 0.412. The van der Waals surface area contributed by atoms with Gasteiger partial charge in [0.25, 0.3) is 0 Å². The van der Waals surface area contributed by atoms with Crippen LogP contribution in [-0.2, 0) is 0 Å². The number of aromatic nitrogens is 2. The largest absolute Gasteiger partial charge is 0.393 e. The number of hydrogen-bond donors (Lipinski definition) is 2. The van der Waals surface area contributed by atoms with Crippen molar-refractivity contribution in [1.29, 1.82) is 5.26 Å². The van der Waals surface area contributed by atoms with Gasteiger partial charge in [-0.15, -0.1) is 0 Å². The molecular formula is C17H22N4O. The maximum atomic E-state index is 9.31. The molecule has 1 aromatic heterocycles. The Bertz CT molecular complexity index is 652. The first-order valence-corrected chi connectivity index (χ1v) is 7.49. The van der Waals surface area contributed by atoms with Crippen LogP contribution in [0.4, 0.5) is 0 Å². The first-order chi connectivity index (χ1) is 10.5. The highest BCUT2D eigenvalue weighted by Crippen LogP contribution is 2.20. The number of rotatable bonds is 6. The summed E-state index contributed by atoms with van der Waals surface area (Å²) in [7, 11) is 0. The van der Waals surface area contributed by atoms with Gasteiger partial charge in [-0.1, -0.05) is 0 Å². The van der Waals surface area contributed by atoms with E-state index in [2.05, 4.69) is 23.4 Å². The molecule has 0 radical (unpaired) electrons. The molecule has 5 nitrogen and oxygen atoms in total. The molecule has 1 heterocycles. The summed E-state index contributed by atoms with van der Waals surface area (Å²) in [6.45, 7) is 6.68. The van der Waals surface area contributed by atoms with Crippen LogP contribution in [0.3, 0.4) is 0 Å². The topological polar surface area (TPSA) is 73.9 Å². The third-order valence-corrected chi connectivity index (χ3v) is 3.77. The smallest absolute Gasteiger partial charge is 0.0991 e. The molecule has 0 saturated heterocycles. The average Bonchev–Trinajstić information content (AvgIpc) is 2.88. The Hall–Kier alpha value is -2.16. The van der Waals surface area contributed by atoms with Gasteiger partial charge in [0.15, 0.2) is 0 Å². The van der Waals surface area contributed by atoms with E-state index in [1.807, 2.05) is 29.9 Å². The van der Waals surface area contributed by atoms with E-state index in [0.717, 1.165) is 29.9 Å². The molecule has 116 valence electrons. The molecule has 1 aromatic carbocycles. The second kappa shape index (κ2) is 7.21. The number of aliphatic hydroxyl groups is 1. The Morgan fingerprint density at radius 2 is 2.00 bits per heavy atom. The van der Waals surface area contributed by atoms with E-state index < -0.39 is 0 Å². The Morgan fingerprint density at radius 3 is 2.59 bits per heavy atom. The standard InChI is InChI=1S/C17H22N4O/c1-12(22)8-9-19-13(2)17-11-20-21(14(17)3)16-6-4-15(10-18)5-7-16/h4-7,11-13,19,22H,8-9H2,1-3H3. The molecule has 2 aromatic rings. The highest BCUT2D eigenvalue weighted by atomic mass is 16.3. The van der Waals surface area contributed by atoms with Gasteiger partial charge in [-0.05, 0) is 58.0 Å². The zero-order chi connectivity index (χ0) is 16.1. The lowest BCUT2D eigenvalue weighted by molar-refractivity contribution is 0.182. The van der Waals surface area contributed by atoms with Crippen molar-refractivity contribution < 1.29 is 5.11 Å². The first-order valence-electron chi connectivity index (χ1n) is 7.49. The van der Waals surface area contributed by atoms with Crippen molar-refractivity contribution in [2.24, 2.45) is 0 Å². The molecule has 2 atom stereocenters. The molecule has 0 amide bonds. The maximum absolute atomic E-state index is 9.31. The summed E-state index contributed by atoms with van der Waals surface area (Å²) < 4.78 is 1.88. The normalized spacial score (nSPS) is 13.6. The highest BCUT2D eigenvalue weighted by molar-refractivity contribution is 5.40. The Morgan fingerprint density at radius 1 is 1.32 bits per heavy atom. The molecule has 2 rings (SSSR count). The Labute approximate surface area is 131 Å². The number of benzene rings is 1. The zero-order valence-corrected chi connectivity index (χ0v) is 13.2. The molecule has 0 saturated carbocycles. The lowest BCUT2D eigenvalue weighted by atomic mass is 10.1. The van der Waals surface area contributed by atoms with Gasteiger partial charge in [0, 0.05) is 17.3 Å². The maximum Gasteiger partial charge on any atom is 0.0991 e. The summed E-state index contributed by atoms with van der Waals surface area (Å²) in [5.41, 5.74) is 3.79. The SMILES string of the molecule is Cc1c(C(C)NCCC(C)O)cnn1-c1ccc(C#N)cc1. The van der Waals surface area contributed by atoms with Gasteiger partial charge in [-0.25, -0.2) is 4.68 Å². The predicted octanol–water partition coefficient (Wildman–Crippen LogP) is 2.47. The summed E-state index contributed by atoms with van der Waals surface area (Å²) in [6, 6.07) is 9.67. The van der Waals surface area contributed by atoms with Crippen molar-refractivity contribution in [1.82, 2.24) is 15.1 Å². The van der Waals surface area contributed by atoms with Crippen molar-refractivity contribution >= 4 is 0 Å². The molecule has 0 fully saturated rings. The Balaban J connectivity index is 2.13. The van der Waals surface area contributed by atoms with Gasteiger partial charge in [0.1, 0.15) is 0 Å². The van der Waals surface area contributed by atoms with Crippen LogP contribution in [0.1, 0.15) is 43.1 Å². The minimum atomic E-state index is -0.290. The lowest BCUT2D eigenvalue weighted by Crippen LogP contribution is -2.23. The zero-order valence-electron chi connectivity index (χ0n) is 13.2. The number of nitrogens with one attached hydrogen (secondary N) is 1. The number of nitrogens with zero attached hydrogens (tertiary/aromatic N) is 3. The summed E-state index contributed by atoms with van der Waals surface area (Å²) >= 11 is 0. The molecule has 0 aliphatic carbocycles. The van der Waals surface area contributed by atoms with Crippen LogP contribution in [0, 0.1) is 18.3 Å². The molecule has 22 heavy (non-hydrogen) atoms. The third kappa shape index (κ3) is 3.73. The summed E-state index contributed by atoms with van der Waals surface area (Å²) in [5.74, 6) is 0. The van der Waals surface area contributed by atoms with Gasteiger partial charge in [-0.3, -0.25) is 0 Å². The molecule has 2 unspecified atom stereocenters. The minimum absolute atomic E-state index is 0.172. The Kier molecular flexibility index (Phi) is 5.31. The average molecular weight is 298 g/mol. The summed E-state index contributed by atoms with van der Waals surface area (Å²) in [5, 5.41) is 26.0. The molecule has 0 aliphatic rings. The third-order valence-electron chi connectivity index (χ3n) is 3.77. The van der Waals surface area contributed by atoms with Crippen LogP contribution >= 0.6 is 0 Å². The van der Waals surface area contributed by atoms with Gasteiger partial charge in [0.05, 0.1) is 29.6 Å². The quantitative estimate of drug-likeness (QED) is 0.859. The number of hydrogen-bond acceptors (Lipinski definition) is 4. The predicted molar refractivity (Wildman–Crippen MR) is 85.7 cm³/mol. The van der Waals surface area contributed by atoms with E-state index in [1.165, 1.54) is 0 Å². The van der Waals surface area contributed by atoms with E-state index in [9.17, 15) is 5.11 Å². The number of nitriles is 1. The monoisotopic (exact) mass is 298 g/mol. The van der Waals surface area contributed by atoms with Crippen molar-refractivity contribution in [2.45, 2.75) is 39.3 Å². The fourth-order valence-corrected chi connectivity index (χ4v) is 2.40. The van der Waals surface area contributed by atoms with Crippen LogP contribution in [0.2, 0.25) is 0 Å². The van der Waals surface area contributed by atoms with E-state index in [0.29, 0.717) is 5.56 Å². The van der Waals surface area contributed by atoms with E-state index >= 15 is 0 Å². The minimum Gasteiger partial charge on any atom is -0.393 e. The summed E-state index contributed by atoms with van der Waals surface area (Å²) in [4.78, 5) is 0.